The summed E-state index contributed by atoms with van der Waals surface area (Å²) < 4.78 is 0. The van der Waals surface area contributed by atoms with Crippen LogP contribution in [0.1, 0.15) is 36.9 Å². The third-order valence-corrected chi connectivity index (χ3v) is 4.63. The number of carbonyl (C=O) groups is 1. The zero-order valence-electron chi connectivity index (χ0n) is 14.8. The number of hydrogen-bond donors (Lipinski definition) is 3. The smallest absolute Gasteiger partial charge is 0.238 e. The van der Waals surface area contributed by atoms with E-state index in [-0.39, 0.29) is 5.91 Å². The van der Waals surface area contributed by atoms with Gasteiger partial charge in [-0.1, -0.05) is 18.9 Å². The van der Waals surface area contributed by atoms with Crippen molar-refractivity contribution in [3.8, 4) is 0 Å². The first-order chi connectivity index (χ1) is 12.2. The molecule has 0 unspecified atom stereocenters. The summed E-state index contributed by atoms with van der Waals surface area (Å²) >= 11 is 0. The molecule has 3 rings (SSSR count). The van der Waals surface area contributed by atoms with Gasteiger partial charge in [-0.05, 0) is 51.1 Å². The molecule has 1 amide bonds. The van der Waals surface area contributed by atoms with Crippen LogP contribution in [0, 0.1) is 6.92 Å². The second kappa shape index (κ2) is 8.67. The van der Waals surface area contributed by atoms with E-state index in [1.54, 1.807) is 0 Å². The topological polar surface area (TPSA) is 73.0 Å². The molecule has 6 nitrogen and oxygen atoms in total. The number of nitrogens with one attached hydrogen (secondary N) is 3. The summed E-state index contributed by atoms with van der Waals surface area (Å²) in [7, 11) is 0. The molecule has 1 aromatic carbocycles. The molecular weight excluding hydrogens is 314 g/mol. The quantitative estimate of drug-likeness (QED) is 0.755. The lowest BCUT2D eigenvalue weighted by Gasteiger charge is -2.19. The largest absolute Gasteiger partial charge is 0.381 e. The van der Waals surface area contributed by atoms with Crippen molar-refractivity contribution in [3.63, 3.8) is 0 Å². The highest BCUT2D eigenvalue weighted by Crippen LogP contribution is 2.17. The van der Waals surface area contributed by atoms with E-state index in [9.17, 15) is 4.79 Å². The summed E-state index contributed by atoms with van der Waals surface area (Å²) in [4.78, 5) is 14.6. The lowest BCUT2D eigenvalue weighted by atomic mass is 10.2. The Kier molecular flexibility index (Phi) is 6.06. The minimum absolute atomic E-state index is 0.0599. The molecule has 134 valence electrons. The van der Waals surface area contributed by atoms with Crippen molar-refractivity contribution in [2.45, 2.75) is 39.2 Å². The fourth-order valence-electron chi connectivity index (χ4n) is 3.16. The van der Waals surface area contributed by atoms with E-state index in [0.717, 1.165) is 35.7 Å². The number of amides is 1. The lowest BCUT2D eigenvalue weighted by Crippen LogP contribution is -2.33. The van der Waals surface area contributed by atoms with E-state index in [0.29, 0.717) is 13.1 Å². The van der Waals surface area contributed by atoms with Crippen molar-refractivity contribution in [2.75, 3.05) is 30.3 Å². The highest BCUT2D eigenvalue weighted by Gasteiger charge is 2.13. The van der Waals surface area contributed by atoms with Crippen LogP contribution in [0.25, 0.3) is 0 Å². The first kappa shape index (κ1) is 17.5. The summed E-state index contributed by atoms with van der Waals surface area (Å²) in [5, 5.41) is 13.3. The van der Waals surface area contributed by atoms with E-state index >= 15 is 0 Å². The molecule has 0 radical (unpaired) electrons. The highest BCUT2D eigenvalue weighted by molar-refractivity contribution is 5.92. The van der Waals surface area contributed by atoms with E-state index in [1.807, 2.05) is 37.4 Å². The van der Waals surface area contributed by atoms with Crippen molar-refractivity contribution < 1.29 is 4.79 Å². The maximum Gasteiger partial charge on any atom is 0.238 e. The predicted octanol–water partition coefficient (Wildman–Crippen LogP) is 3.14. The Labute approximate surface area is 149 Å². The number of benzene rings is 1. The number of H-pyrrole nitrogens is 1. The van der Waals surface area contributed by atoms with Crippen LogP contribution in [0.3, 0.4) is 0 Å². The lowest BCUT2D eigenvalue weighted by molar-refractivity contribution is -0.117. The Hall–Kier alpha value is -2.34. The SMILES string of the molecule is Cc1[nH]ncc1CNc1cccc(NC(=O)CN2CCCCCC2)c1. The molecule has 0 saturated carbocycles. The van der Waals surface area contributed by atoms with Gasteiger partial charge >= 0.3 is 0 Å². The molecule has 1 aromatic heterocycles. The third kappa shape index (κ3) is 5.32. The van der Waals surface area contributed by atoms with Crippen molar-refractivity contribution >= 4 is 17.3 Å². The van der Waals surface area contributed by atoms with Gasteiger partial charge in [-0.15, -0.1) is 0 Å². The number of aromatic nitrogens is 2. The second-order valence-corrected chi connectivity index (χ2v) is 6.69. The van der Waals surface area contributed by atoms with Crippen LogP contribution in [-0.2, 0) is 11.3 Å². The fraction of sp³-hybridized carbons (Fsp3) is 0.474. The molecule has 0 spiro atoms. The zero-order valence-corrected chi connectivity index (χ0v) is 14.8. The molecule has 1 aliphatic rings. The number of nitrogens with zero attached hydrogens (tertiary/aromatic N) is 2. The third-order valence-electron chi connectivity index (χ3n) is 4.63. The maximum atomic E-state index is 12.3. The van der Waals surface area contributed by atoms with Gasteiger partial charge in [0, 0.05) is 29.2 Å². The van der Waals surface area contributed by atoms with Crippen LogP contribution in [-0.4, -0.2) is 40.6 Å². The van der Waals surface area contributed by atoms with E-state index < -0.39 is 0 Å². The van der Waals surface area contributed by atoms with Crippen molar-refractivity contribution in [1.82, 2.24) is 15.1 Å². The zero-order chi connectivity index (χ0) is 17.5. The van der Waals surface area contributed by atoms with Crippen molar-refractivity contribution in [1.29, 1.82) is 0 Å². The van der Waals surface area contributed by atoms with E-state index in [1.165, 1.54) is 25.7 Å². The van der Waals surface area contributed by atoms with Gasteiger partial charge in [0.25, 0.3) is 0 Å². The predicted molar refractivity (Wildman–Crippen MR) is 101 cm³/mol. The Morgan fingerprint density at radius 1 is 1.20 bits per heavy atom. The molecule has 2 aromatic rings. The Morgan fingerprint density at radius 3 is 2.68 bits per heavy atom. The molecule has 0 atom stereocenters. The minimum atomic E-state index is 0.0599. The number of hydrogen-bond acceptors (Lipinski definition) is 4. The van der Waals surface area contributed by atoms with Crippen molar-refractivity contribution in [3.05, 3.63) is 41.7 Å². The first-order valence-electron chi connectivity index (χ1n) is 9.06. The van der Waals surface area contributed by atoms with Gasteiger partial charge in [0.1, 0.15) is 0 Å². The van der Waals surface area contributed by atoms with Crippen LogP contribution in [0.2, 0.25) is 0 Å². The number of rotatable bonds is 6. The van der Waals surface area contributed by atoms with E-state index in [4.69, 9.17) is 0 Å². The Bertz CT molecular complexity index is 689. The number of likely N-dealkylation sites (tertiary alicyclic amines) is 1. The summed E-state index contributed by atoms with van der Waals surface area (Å²) in [6, 6.07) is 7.84. The highest BCUT2D eigenvalue weighted by atomic mass is 16.2. The molecule has 1 aliphatic heterocycles. The van der Waals surface area contributed by atoms with Gasteiger partial charge in [-0.3, -0.25) is 14.8 Å². The van der Waals surface area contributed by atoms with Crippen LogP contribution in [0.15, 0.2) is 30.5 Å². The standard InChI is InChI=1S/C19H27N5O/c1-15-16(13-21-23-15)12-20-17-7-6-8-18(11-17)22-19(25)14-24-9-4-2-3-5-10-24/h6-8,11,13,20H,2-5,9-10,12,14H2,1H3,(H,21,23)(H,22,25). The second-order valence-electron chi connectivity index (χ2n) is 6.69. The molecule has 1 fully saturated rings. The molecule has 0 aliphatic carbocycles. The number of aryl methyl sites for hydroxylation is 1. The molecule has 6 heteroatoms. The van der Waals surface area contributed by atoms with Crippen LogP contribution >= 0.6 is 0 Å². The van der Waals surface area contributed by atoms with E-state index in [2.05, 4.69) is 25.7 Å². The monoisotopic (exact) mass is 341 g/mol. The van der Waals surface area contributed by atoms with Gasteiger partial charge in [-0.2, -0.15) is 5.10 Å². The van der Waals surface area contributed by atoms with Gasteiger partial charge in [-0.25, -0.2) is 0 Å². The van der Waals surface area contributed by atoms with Crippen LogP contribution < -0.4 is 10.6 Å². The Balaban J connectivity index is 1.52. The normalized spacial score (nSPS) is 15.6. The van der Waals surface area contributed by atoms with Gasteiger partial charge in [0.15, 0.2) is 0 Å². The van der Waals surface area contributed by atoms with Crippen LogP contribution in [0.4, 0.5) is 11.4 Å². The van der Waals surface area contributed by atoms with Gasteiger partial charge in [0.05, 0.1) is 12.7 Å². The summed E-state index contributed by atoms with van der Waals surface area (Å²) in [5.41, 5.74) is 4.01. The number of carbonyl (C=O) groups excluding carboxylic acids is 1. The molecule has 2 heterocycles. The number of anilines is 2. The molecular formula is C19H27N5O. The first-order valence-corrected chi connectivity index (χ1v) is 9.06. The van der Waals surface area contributed by atoms with Crippen molar-refractivity contribution in [2.24, 2.45) is 0 Å². The fourth-order valence-corrected chi connectivity index (χ4v) is 3.16. The maximum absolute atomic E-state index is 12.3. The Morgan fingerprint density at radius 2 is 1.96 bits per heavy atom. The van der Waals surface area contributed by atoms with Crippen LogP contribution in [0.5, 0.6) is 0 Å². The number of aromatic amines is 1. The molecule has 3 N–H and O–H groups in total. The average molecular weight is 341 g/mol. The van der Waals surface area contributed by atoms with Gasteiger partial charge < -0.3 is 10.6 Å². The summed E-state index contributed by atoms with van der Waals surface area (Å²) in [6.07, 6.45) is 6.78. The molecule has 0 bridgehead atoms. The summed E-state index contributed by atoms with van der Waals surface area (Å²) in [6.45, 7) is 5.24. The molecule has 1 saturated heterocycles. The van der Waals surface area contributed by atoms with Gasteiger partial charge in [0.2, 0.25) is 5.91 Å². The average Bonchev–Trinajstić information content (AvgIpc) is 2.84. The summed E-state index contributed by atoms with van der Waals surface area (Å²) in [5.74, 6) is 0.0599. The minimum Gasteiger partial charge on any atom is -0.381 e. The molecule has 25 heavy (non-hydrogen) atoms.